The van der Waals surface area contributed by atoms with Crippen LogP contribution in [0, 0.1) is 16.7 Å². The maximum absolute atomic E-state index is 11.5. The molecule has 0 amide bonds. The summed E-state index contributed by atoms with van der Waals surface area (Å²) in [4.78, 5) is 24.9. The summed E-state index contributed by atoms with van der Waals surface area (Å²) in [6.45, 7) is 0.495. The minimum atomic E-state index is -0.425. The van der Waals surface area contributed by atoms with Crippen molar-refractivity contribution in [3.63, 3.8) is 0 Å². The molecule has 0 unspecified atom stereocenters. The summed E-state index contributed by atoms with van der Waals surface area (Å²) in [6, 6.07) is 2.14. The third kappa shape index (κ3) is 2.09. The first-order valence-electron chi connectivity index (χ1n) is 4.93. The SMILES string of the molecule is N#CCC1(Cn2cc(Br)c(=O)[nH]c2=O)CC1. The molecule has 1 aliphatic carbocycles. The molecule has 0 bridgehead atoms. The van der Waals surface area contributed by atoms with Crippen LogP contribution in [0.3, 0.4) is 0 Å². The Balaban J connectivity index is 2.30. The molecule has 16 heavy (non-hydrogen) atoms. The van der Waals surface area contributed by atoms with Crippen molar-refractivity contribution in [3.05, 3.63) is 31.5 Å². The van der Waals surface area contributed by atoms with E-state index < -0.39 is 11.2 Å². The van der Waals surface area contributed by atoms with Gasteiger partial charge in [0.15, 0.2) is 0 Å². The third-order valence-corrected chi connectivity index (χ3v) is 3.45. The van der Waals surface area contributed by atoms with E-state index in [2.05, 4.69) is 27.0 Å². The highest BCUT2D eigenvalue weighted by molar-refractivity contribution is 9.10. The molecule has 0 atom stereocenters. The van der Waals surface area contributed by atoms with Crippen LogP contribution in [0.25, 0.3) is 0 Å². The van der Waals surface area contributed by atoms with E-state index in [0.717, 1.165) is 12.8 Å². The van der Waals surface area contributed by atoms with Crippen LogP contribution in [0.2, 0.25) is 0 Å². The van der Waals surface area contributed by atoms with Gasteiger partial charge in [0.1, 0.15) is 0 Å². The molecule has 5 nitrogen and oxygen atoms in total. The molecular formula is C10H10BrN3O2. The smallest absolute Gasteiger partial charge is 0.299 e. The zero-order valence-corrected chi connectivity index (χ0v) is 10.1. The molecule has 0 spiro atoms. The van der Waals surface area contributed by atoms with E-state index in [9.17, 15) is 9.59 Å². The third-order valence-electron chi connectivity index (χ3n) is 2.88. The number of hydrogen-bond acceptors (Lipinski definition) is 3. The predicted molar refractivity (Wildman–Crippen MR) is 60.9 cm³/mol. The zero-order valence-electron chi connectivity index (χ0n) is 8.49. The largest absolute Gasteiger partial charge is 0.328 e. The molecule has 0 saturated heterocycles. The van der Waals surface area contributed by atoms with Crippen LogP contribution in [0.15, 0.2) is 20.3 Å². The number of nitrogens with zero attached hydrogens (tertiary/aromatic N) is 2. The van der Waals surface area contributed by atoms with Gasteiger partial charge in [-0.25, -0.2) is 4.79 Å². The van der Waals surface area contributed by atoms with Crippen LogP contribution >= 0.6 is 15.9 Å². The molecule has 1 saturated carbocycles. The summed E-state index contributed by atoms with van der Waals surface area (Å²) in [5.74, 6) is 0. The Morgan fingerprint density at radius 3 is 2.81 bits per heavy atom. The first-order valence-corrected chi connectivity index (χ1v) is 5.72. The number of rotatable bonds is 3. The van der Waals surface area contributed by atoms with Crippen molar-refractivity contribution >= 4 is 15.9 Å². The molecular weight excluding hydrogens is 274 g/mol. The van der Waals surface area contributed by atoms with Crippen molar-refractivity contribution in [2.75, 3.05) is 0 Å². The predicted octanol–water partition coefficient (Wildman–Crippen LogP) is 0.993. The number of halogens is 1. The fourth-order valence-electron chi connectivity index (χ4n) is 1.70. The molecule has 1 N–H and O–H groups in total. The van der Waals surface area contributed by atoms with E-state index in [-0.39, 0.29) is 5.41 Å². The summed E-state index contributed by atoms with van der Waals surface area (Å²) < 4.78 is 1.79. The molecule has 0 radical (unpaired) electrons. The minimum absolute atomic E-state index is 0.0593. The number of H-pyrrole nitrogens is 1. The second-order valence-corrected chi connectivity index (χ2v) is 5.05. The normalized spacial score (nSPS) is 16.8. The van der Waals surface area contributed by atoms with Gasteiger partial charge in [0.2, 0.25) is 0 Å². The quantitative estimate of drug-likeness (QED) is 0.899. The summed E-state index contributed by atoms with van der Waals surface area (Å²) in [6.07, 6.45) is 3.86. The standard InChI is InChI=1S/C10H10BrN3O2/c11-7-5-14(9(16)13-8(7)15)6-10(1-2-10)3-4-12/h5H,1-3,6H2,(H,13,15,16). The van der Waals surface area contributed by atoms with Gasteiger partial charge in [-0.15, -0.1) is 0 Å². The Bertz CT molecular complexity index is 563. The summed E-state index contributed by atoms with van der Waals surface area (Å²) in [7, 11) is 0. The lowest BCUT2D eigenvalue weighted by Gasteiger charge is -2.12. The molecule has 84 valence electrons. The topological polar surface area (TPSA) is 78.7 Å². The second-order valence-electron chi connectivity index (χ2n) is 4.20. The molecule has 2 rings (SSSR count). The Morgan fingerprint density at radius 1 is 1.56 bits per heavy atom. The lowest BCUT2D eigenvalue weighted by Crippen LogP contribution is -2.32. The summed E-state index contributed by atoms with van der Waals surface area (Å²) in [5.41, 5.74) is -0.903. The van der Waals surface area contributed by atoms with Gasteiger partial charge in [-0.05, 0) is 28.8 Å². The van der Waals surface area contributed by atoms with Crippen LogP contribution in [-0.4, -0.2) is 9.55 Å². The number of nitrogens with one attached hydrogen (secondary N) is 1. The van der Waals surface area contributed by atoms with E-state index in [1.807, 2.05) is 0 Å². The maximum atomic E-state index is 11.5. The van der Waals surface area contributed by atoms with Crippen LogP contribution in [-0.2, 0) is 6.54 Å². The van der Waals surface area contributed by atoms with Crippen molar-refractivity contribution in [2.45, 2.75) is 25.8 Å². The Kier molecular flexibility index (Phi) is 2.72. The van der Waals surface area contributed by atoms with E-state index in [4.69, 9.17) is 5.26 Å². The van der Waals surface area contributed by atoms with Crippen molar-refractivity contribution in [3.8, 4) is 6.07 Å². The van der Waals surface area contributed by atoms with Crippen LogP contribution in [0.4, 0.5) is 0 Å². The van der Waals surface area contributed by atoms with Gasteiger partial charge in [0.05, 0.1) is 10.5 Å². The highest BCUT2D eigenvalue weighted by Gasteiger charge is 2.42. The van der Waals surface area contributed by atoms with Gasteiger partial charge in [-0.2, -0.15) is 5.26 Å². The molecule has 0 aliphatic heterocycles. The molecule has 1 aromatic heterocycles. The Morgan fingerprint density at radius 2 is 2.25 bits per heavy atom. The van der Waals surface area contributed by atoms with Gasteiger partial charge in [-0.1, -0.05) is 0 Å². The second kappa shape index (κ2) is 3.91. The van der Waals surface area contributed by atoms with Gasteiger partial charge >= 0.3 is 5.69 Å². The summed E-state index contributed by atoms with van der Waals surface area (Å²) in [5, 5.41) is 8.68. The monoisotopic (exact) mass is 283 g/mol. The highest BCUT2D eigenvalue weighted by Crippen LogP contribution is 2.49. The van der Waals surface area contributed by atoms with E-state index in [1.165, 1.54) is 10.8 Å². The zero-order chi connectivity index (χ0) is 11.8. The Labute approximate surface area is 99.8 Å². The highest BCUT2D eigenvalue weighted by atomic mass is 79.9. The minimum Gasteiger partial charge on any atom is -0.299 e. The first kappa shape index (κ1) is 11.1. The Hall–Kier alpha value is -1.35. The molecule has 6 heteroatoms. The molecule has 0 aromatic carbocycles. The number of aromatic amines is 1. The molecule has 1 heterocycles. The number of hydrogen-bond donors (Lipinski definition) is 1. The van der Waals surface area contributed by atoms with Crippen molar-refractivity contribution < 1.29 is 0 Å². The van der Waals surface area contributed by atoms with Crippen molar-refractivity contribution in [1.82, 2.24) is 9.55 Å². The van der Waals surface area contributed by atoms with Crippen LogP contribution in [0.1, 0.15) is 19.3 Å². The maximum Gasteiger partial charge on any atom is 0.328 e. The lowest BCUT2D eigenvalue weighted by molar-refractivity contribution is 0.417. The fraction of sp³-hybridized carbons (Fsp3) is 0.500. The van der Waals surface area contributed by atoms with E-state index in [0.29, 0.717) is 17.4 Å². The van der Waals surface area contributed by atoms with Gasteiger partial charge in [0.25, 0.3) is 5.56 Å². The molecule has 1 fully saturated rings. The van der Waals surface area contributed by atoms with Gasteiger partial charge in [0, 0.05) is 24.6 Å². The van der Waals surface area contributed by atoms with Gasteiger partial charge < -0.3 is 0 Å². The number of aromatic nitrogens is 2. The molecule has 1 aliphatic rings. The average molecular weight is 284 g/mol. The van der Waals surface area contributed by atoms with E-state index in [1.54, 1.807) is 0 Å². The van der Waals surface area contributed by atoms with Crippen molar-refractivity contribution in [2.24, 2.45) is 5.41 Å². The van der Waals surface area contributed by atoms with Crippen molar-refractivity contribution in [1.29, 1.82) is 5.26 Å². The summed E-state index contributed by atoms with van der Waals surface area (Å²) >= 11 is 3.08. The fourth-order valence-corrected chi connectivity index (χ4v) is 2.04. The molecule has 1 aromatic rings. The van der Waals surface area contributed by atoms with Crippen LogP contribution in [0.5, 0.6) is 0 Å². The average Bonchev–Trinajstić information content (AvgIpc) is 2.95. The van der Waals surface area contributed by atoms with Gasteiger partial charge in [-0.3, -0.25) is 14.3 Å². The first-order chi connectivity index (χ1) is 7.56. The lowest BCUT2D eigenvalue weighted by atomic mass is 10.0. The number of nitriles is 1. The van der Waals surface area contributed by atoms with Crippen LogP contribution < -0.4 is 11.2 Å². The van der Waals surface area contributed by atoms with E-state index >= 15 is 0 Å².